The van der Waals surface area contributed by atoms with Gasteiger partial charge in [0.05, 0.1) is 12.0 Å². The molecular formula is C10H8N2O2S. The minimum absolute atomic E-state index is 0.177. The molecule has 0 fully saturated rings. The molecule has 0 N–H and O–H groups in total. The first-order chi connectivity index (χ1) is 7.31. The fourth-order valence-electron chi connectivity index (χ4n) is 1.08. The summed E-state index contributed by atoms with van der Waals surface area (Å²) in [5.41, 5.74) is 0. The number of aromatic nitrogens is 2. The molecule has 0 saturated carbocycles. The van der Waals surface area contributed by atoms with E-state index in [0.29, 0.717) is 9.94 Å². The number of carbonyl (C=O) groups excluding carboxylic acids is 1. The van der Waals surface area contributed by atoms with Gasteiger partial charge in [-0.1, -0.05) is 11.3 Å². The van der Waals surface area contributed by atoms with E-state index in [0.717, 1.165) is 0 Å². The molecule has 0 aromatic carbocycles. The monoisotopic (exact) mass is 220 g/mol. The quantitative estimate of drug-likeness (QED) is 0.740. The number of hydrogen-bond acceptors (Lipinski definition) is 5. The zero-order chi connectivity index (χ0) is 10.7. The molecule has 2 aromatic rings. The number of thiophene rings is 1. The first kappa shape index (κ1) is 9.79. The highest BCUT2D eigenvalue weighted by molar-refractivity contribution is 7.16. The van der Waals surface area contributed by atoms with Crippen molar-refractivity contribution in [3.8, 4) is 5.06 Å². The third-order valence-electron chi connectivity index (χ3n) is 1.78. The molecule has 4 nitrogen and oxygen atoms in total. The molecule has 0 saturated heterocycles. The van der Waals surface area contributed by atoms with Crippen molar-refractivity contribution in [2.24, 2.45) is 0 Å². The maximum atomic E-state index is 11.8. The molecule has 5 heteroatoms. The van der Waals surface area contributed by atoms with Crippen LogP contribution in [0.15, 0.2) is 30.6 Å². The SMILES string of the molecule is COc1ccc(C(=O)c2ncccn2)s1. The Morgan fingerprint density at radius 3 is 2.67 bits per heavy atom. The number of rotatable bonds is 3. The Morgan fingerprint density at radius 2 is 2.07 bits per heavy atom. The fourth-order valence-corrected chi connectivity index (χ4v) is 1.83. The van der Waals surface area contributed by atoms with Crippen LogP contribution in [0.1, 0.15) is 15.5 Å². The number of ether oxygens (including phenoxy) is 1. The van der Waals surface area contributed by atoms with Crippen LogP contribution in [0.5, 0.6) is 5.06 Å². The van der Waals surface area contributed by atoms with E-state index in [-0.39, 0.29) is 11.6 Å². The average molecular weight is 220 g/mol. The molecule has 0 bridgehead atoms. The normalized spacial score (nSPS) is 9.93. The van der Waals surface area contributed by atoms with Crippen molar-refractivity contribution in [2.45, 2.75) is 0 Å². The van der Waals surface area contributed by atoms with E-state index in [1.54, 1.807) is 37.7 Å². The first-order valence-corrected chi connectivity index (χ1v) is 5.08. The number of nitrogens with zero attached hydrogens (tertiary/aromatic N) is 2. The lowest BCUT2D eigenvalue weighted by molar-refractivity contribution is 0.103. The Morgan fingerprint density at radius 1 is 1.33 bits per heavy atom. The van der Waals surface area contributed by atoms with Gasteiger partial charge in [0, 0.05) is 12.4 Å². The van der Waals surface area contributed by atoms with E-state index in [1.807, 2.05) is 0 Å². The minimum Gasteiger partial charge on any atom is -0.487 e. The van der Waals surface area contributed by atoms with Gasteiger partial charge in [0.2, 0.25) is 11.6 Å². The molecular weight excluding hydrogens is 212 g/mol. The molecule has 0 radical (unpaired) electrons. The Balaban J connectivity index is 2.29. The van der Waals surface area contributed by atoms with Gasteiger partial charge >= 0.3 is 0 Å². The van der Waals surface area contributed by atoms with Crippen LogP contribution in [0, 0.1) is 0 Å². The lowest BCUT2D eigenvalue weighted by atomic mass is 10.3. The second-order valence-electron chi connectivity index (χ2n) is 2.72. The van der Waals surface area contributed by atoms with Crippen molar-refractivity contribution in [1.29, 1.82) is 0 Å². The van der Waals surface area contributed by atoms with Gasteiger partial charge in [0.25, 0.3) is 0 Å². The zero-order valence-electron chi connectivity index (χ0n) is 8.01. The summed E-state index contributed by atoms with van der Waals surface area (Å²) in [5, 5.41) is 0.703. The van der Waals surface area contributed by atoms with Gasteiger partial charge < -0.3 is 4.74 Å². The maximum absolute atomic E-state index is 11.8. The molecule has 76 valence electrons. The molecule has 0 aliphatic rings. The van der Waals surface area contributed by atoms with E-state index in [4.69, 9.17) is 4.74 Å². The lowest BCUT2D eigenvalue weighted by Gasteiger charge is -1.94. The molecule has 2 heterocycles. The van der Waals surface area contributed by atoms with Crippen molar-refractivity contribution in [1.82, 2.24) is 9.97 Å². The second-order valence-corrected chi connectivity index (χ2v) is 3.77. The second kappa shape index (κ2) is 4.18. The van der Waals surface area contributed by atoms with E-state index >= 15 is 0 Å². The largest absolute Gasteiger partial charge is 0.487 e. The molecule has 0 aliphatic carbocycles. The summed E-state index contributed by atoms with van der Waals surface area (Å²) in [6.45, 7) is 0. The van der Waals surface area contributed by atoms with Crippen molar-refractivity contribution in [3.63, 3.8) is 0 Å². The molecule has 0 unspecified atom stereocenters. The van der Waals surface area contributed by atoms with E-state index in [2.05, 4.69) is 9.97 Å². The number of hydrogen-bond donors (Lipinski definition) is 0. The van der Waals surface area contributed by atoms with Crippen LogP contribution in [0.25, 0.3) is 0 Å². The van der Waals surface area contributed by atoms with E-state index in [9.17, 15) is 4.79 Å². The number of ketones is 1. The summed E-state index contributed by atoms with van der Waals surface area (Å²) in [6.07, 6.45) is 3.09. The predicted molar refractivity (Wildman–Crippen MR) is 56.3 cm³/mol. The summed E-state index contributed by atoms with van der Waals surface area (Å²) in [6, 6.07) is 5.13. The van der Waals surface area contributed by atoms with Crippen LogP contribution in [0.3, 0.4) is 0 Å². The van der Waals surface area contributed by atoms with E-state index < -0.39 is 0 Å². The van der Waals surface area contributed by atoms with Crippen molar-refractivity contribution < 1.29 is 9.53 Å². The van der Waals surface area contributed by atoms with E-state index in [1.165, 1.54) is 11.3 Å². The zero-order valence-corrected chi connectivity index (χ0v) is 8.82. The third-order valence-corrected chi connectivity index (χ3v) is 2.82. The molecule has 0 atom stereocenters. The topological polar surface area (TPSA) is 52.1 Å². The summed E-state index contributed by atoms with van der Waals surface area (Å²) < 4.78 is 5.01. The van der Waals surface area contributed by atoms with Gasteiger partial charge in [-0.25, -0.2) is 9.97 Å². The molecule has 0 amide bonds. The van der Waals surface area contributed by atoms with Crippen molar-refractivity contribution >= 4 is 17.1 Å². The van der Waals surface area contributed by atoms with Gasteiger partial charge in [-0.15, -0.1) is 0 Å². The Kier molecular flexibility index (Phi) is 2.73. The average Bonchev–Trinajstić information content (AvgIpc) is 2.78. The Bertz CT molecular complexity index is 467. The smallest absolute Gasteiger partial charge is 0.240 e. The Hall–Kier alpha value is -1.75. The van der Waals surface area contributed by atoms with Gasteiger partial charge in [-0.05, 0) is 18.2 Å². The minimum atomic E-state index is -0.177. The van der Waals surface area contributed by atoms with Gasteiger partial charge in [-0.3, -0.25) is 4.79 Å². The summed E-state index contributed by atoms with van der Waals surface area (Å²) in [5.74, 6) is 0.0332. The highest BCUT2D eigenvalue weighted by Crippen LogP contribution is 2.25. The van der Waals surface area contributed by atoms with Crippen LogP contribution in [0.2, 0.25) is 0 Å². The Labute approximate surface area is 90.6 Å². The summed E-state index contributed by atoms with van der Waals surface area (Å²) in [4.78, 5) is 20.2. The molecule has 15 heavy (non-hydrogen) atoms. The van der Waals surface area contributed by atoms with Crippen molar-refractivity contribution in [3.05, 3.63) is 41.3 Å². The van der Waals surface area contributed by atoms with Gasteiger partial charge in [0.1, 0.15) is 0 Å². The highest BCUT2D eigenvalue weighted by Gasteiger charge is 2.14. The van der Waals surface area contributed by atoms with Crippen LogP contribution < -0.4 is 4.74 Å². The summed E-state index contributed by atoms with van der Waals surface area (Å²) >= 11 is 1.28. The molecule has 2 rings (SSSR count). The molecule has 2 aromatic heterocycles. The lowest BCUT2D eigenvalue weighted by Crippen LogP contribution is -2.03. The first-order valence-electron chi connectivity index (χ1n) is 4.27. The summed E-state index contributed by atoms with van der Waals surface area (Å²) in [7, 11) is 1.57. The highest BCUT2D eigenvalue weighted by atomic mass is 32.1. The fraction of sp³-hybridized carbons (Fsp3) is 0.100. The van der Waals surface area contributed by atoms with Crippen LogP contribution >= 0.6 is 11.3 Å². The molecule has 0 spiro atoms. The maximum Gasteiger partial charge on any atom is 0.240 e. The van der Waals surface area contributed by atoms with Crippen LogP contribution in [-0.4, -0.2) is 22.9 Å². The molecule has 0 aliphatic heterocycles. The number of methoxy groups -OCH3 is 1. The predicted octanol–water partition coefficient (Wildman–Crippen LogP) is 1.78. The van der Waals surface area contributed by atoms with Crippen LogP contribution in [-0.2, 0) is 0 Å². The van der Waals surface area contributed by atoms with Gasteiger partial charge in [-0.2, -0.15) is 0 Å². The number of carbonyl (C=O) groups is 1. The van der Waals surface area contributed by atoms with Gasteiger partial charge in [0.15, 0.2) is 5.06 Å². The van der Waals surface area contributed by atoms with Crippen LogP contribution in [0.4, 0.5) is 0 Å². The third kappa shape index (κ3) is 2.02. The van der Waals surface area contributed by atoms with Crippen molar-refractivity contribution in [2.75, 3.05) is 7.11 Å². The standard InChI is InChI=1S/C10H8N2O2S/c1-14-8-4-3-7(15-8)9(13)10-11-5-2-6-12-10/h2-6H,1H3.